The van der Waals surface area contributed by atoms with E-state index < -0.39 is 0 Å². The van der Waals surface area contributed by atoms with E-state index in [1.807, 2.05) is 13.2 Å². The number of anilines is 1. The van der Waals surface area contributed by atoms with Crippen LogP contribution in [-0.4, -0.2) is 61.7 Å². The van der Waals surface area contributed by atoms with Crippen molar-refractivity contribution in [3.8, 4) is 0 Å². The summed E-state index contributed by atoms with van der Waals surface area (Å²) in [5.74, 6) is 2.99. The summed E-state index contributed by atoms with van der Waals surface area (Å²) in [5, 5.41) is 7.20. The summed E-state index contributed by atoms with van der Waals surface area (Å²) in [6.07, 6.45) is 16.9. The highest BCUT2D eigenvalue weighted by Gasteiger charge is 2.23. The van der Waals surface area contributed by atoms with E-state index in [-0.39, 0.29) is 0 Å². The van der Waals surface area contributed by atoms with Gasteiger partial charge in [0.1, 0.15) is 5.82 Å². The van der Waals surface area contributed by atoms with E-state index in [0.29, 0.717) is 6.04 Å². The molecule has 0 aromatic carbocycles. The van der Waals surface area contributed by atoms with Crippen molar-refractivity contribution in [2.45, 2.75) is 83.2 Å². The van der Waals surface area contributed by atoms with E-state index >= 15 is 0 Å². The van der Waals surface area contributed by atoms with Gasteiger partial charge in [0.25, 0.3) is 0 Å². The van der Waals surface area contributed by atoms with Gasteiger partial charge in [0.2, 0.25) is 0 Å². The maximum atomic E-state index is 4.64. The minimum atomic E-state index is 0.522. The fourth-order valence-electron chi connectivity index (χ4n) is 5.61. The first kappa shape index (κ1) is 23.3. The molecule has 0 amide bonds. The van der Waals surface area contributed by atoms with Gasteiger partial charge in [-0.3, -0.25) is 4.99 Å². The van der Waals surface area contributed by atoms with Crippen molar-refractivity contribution >= 4 is 11.8 Å². The predicted octanol–water partition coefficient (Wildman–Crippen LogP) is 4.17. The normalized spacial score (nSPS) is 22.5. The van der Waals surface area contributed by atoms with Gasteiger partial charge in [0.15, 0.2) is 5.96 Å². The SMILES string of the molecule is CN=C(NCc1ccnc(N2CCCCCC2)c1)NC1CCN(CC2CCCCC2)CC1. The number of aliphatic imine (C=N–C) groups is 1. The lowest BCUT2D eigenvalue weighted by Crippen LogP contribution is -2.49. The largest absolute Gasteiger partial charge is 0.357 e. The molecule has 2 saturated heterocycles. The topological polar surface area (TPSA) is 55.8 Å². The fourth-order valence-corrected chi connectivity index (χ4v) is 5.61. The maximum absolute atomic E-state index is 4.64. The summed E-state index contributed by atoms with van der Waals surface area (Å²) in [5.41, 5.74) is 1.27. The molecule has 2 N–H and O–H groups in total. The van der Waals surface area contributed by atoms with E-state index in [2.05, 4.69) is 42.5 Å². The van der Waals surface area contributed by atoms with Gasteiger partial charge in [-0.25, -0.2) is 4.98 Å². The zero-order chi connectivity index (χ0) is 22.0. The summed E-state index contributed by atoms with van der Waals surface area (Å²) in [7, 11) is 1.88. The Morgan fingerprint density at radius 1 is 0.969 bits per heavy atom. The van der Waals surface area contributed by atoms with Crippen LogP contribution in [0.4, 0.5) is 5.82 Å². The van der Waals surface area contributed by atoms with Crippen molar-refractivity contribution in [2.75, 3.05) is 44.7 Å². The Hall–Kier alpha value is -1.82. The van der Waals surface area contributed by atoms with Crippen LogP contribution in [0.15, 0.2) is 23.3 Å². The number of rotatable bonds is 6. The second-order valence-corrected chi connectivity index (χ2v) is 10.1. The van der Waals surface area contributed by atoms with Gasteiger partial charge in [-0.15, -0.1) is 0 Å². The molecule has 178 valence electrons. The van der Waals surface area contributed by atoms with Crippen LogP contribution in [0.25, 0.3) is 0 Å². The first-order valence-electron chi connectivity index (χ1n) is 13.2. The van der Waals surface area contributed by atoms with Gasteiger partial charge in [-0.1, -0.05) is 32.1 Å². The third-order valence-electron chi connectivity index (χ3n) is 7.59. The van der Waals surface area contributed by atoms with Gasteiger partial charge in [-0.05, 0) is 62.1 Å². The Kier molecular flexibility index (Phi) is 9.07. The number of pyridine rings is 1. The average molecular weight is 441 g/mol. The summed E-state index contributed by atoms with van der Waals surface area (Å²) in [4.78, 5) is 14.3. The lowest BCUT2D eigenvalue weighted by atomic mass is 9.88. The highest BCUT2D eigenvalue weighted by molar-refractivity contribution is 5.80. The van der Waals surface area contributed by atoms with E-state index in [9.17, 15) is 0 Å². The molecule has 1 aromatic rings. The number of guanidine groups is 1. The molecule has 0 spiro atoms. The Morgan fingerprint density at radius 2 is 1.69 bits per heavy atom. The average Bonchev–Trinajstić information content (AvgIpc) is 3.13. The molecule has 1 aromatic heterocycles. The molecule has 3 heterocycles. The molecule has 32 heavy (non-hydrogen) atoms. The van der Waals surface area contributed by atoms with Crippen molar-refractivity contribution in [1.82, 2.24) is 20.5 Å². The number of aromatic nitrogens is 1. The Bertz CT molecular complexity index is 698. The van der Waals surface area contributed by atoms with E-state index in [1.165, 1.54) is 95.8 Å². The van der Waals surface area contributed by atoms with Crippen LogP contribution in [-0.2, 0) is 6.54 Å². The van der Waals surface area contributed by atoms with Gasteiger partial charge in [0.05, 0.1) is 0 Å². The first-order valence-corrected chi connectivity index (χ1v) is 13.2. The van der Waals surface area contributed by atoms with Crippen molar-refractivity contribution in [1.29, 1.82) is 0 Å². The molecule has 0 atom stereocenters. The van der Waals surface area contributed by atoms with Crippen molar-refractivity contribution in [3.63, 3.8) is 0 Å². The quantitative estimate of drug-likeness (QED) is 0.514. The summed E-state index contributed by atoms with van der Waals surface area (Å²) < 4.78 is 0. The zero-order valence-electron chi connectivity index (χ0n) is 20.2. The molecule has 0 radical (unpaired) electrons. The standard InChI is InChI=1S/C26H44N6/c1-27-26(30-24-12-17-31(18-13-24)21-22-9-5-4-6-10-22)29-20-23-11-14-28-25(19-23)32-15-7-2-3-8-16-32/h11,14,19,22,24H,2-10,12-13,15-18,20-21H2,1H3,(H2,27,29,30). The monoisotopic (exact) mass is 440 g/mol. The molecular weight excluding hydrogens is 396 g/mol. The van der Waals surface area contributed by atoms with E-state index in [1.54, 1.807) is 0 Å². The highest BCUT2D eigenvalue weighted by atomic mass is 15.2. The van der Waals surface area contributed by atoms with Crippen LogP contribution in [0, 0.1) is 5.92 Å². The molecular formula is C26H44N6. The summed E-state index contributed by atoms with van der Waals surface area (Å²) >= 11 is 0. The Balaban J connectivity index is 1.20. The lowest BCUT2D eigenvalue weighted by Gasteiger charge is -2.36. The molecule has 2 aliphatic heterocycles. The third kappa shape index (κ3) is 7.09. The molecule has 1 aliphatic carbocycles. The Labute approximate surface area is 195 Å². The minimum absolute atomic E-state index is 0.522. The smallest absolute Gasteiger partial charge is 0.191 e. The number of nitrogens with one attached hydrogen (secondary N) is 2. The molecule has 6 nitrogen and oxygen atoms in total. The highest BCUT2D eigenvalue weighted by Crippen LogP contribution is 2.25. The fraction of sp³-hybridized carbons (Fsp3) is 0.769. The molecule has 3 fully saturated rings. The zero-order valence-corrected chi connectivity index (χ0v) is 20.2. The van der Waals surface area contributed by atoms with Gasteiger partial charge in [0, 0.05) is 58.6 Å². The lowest BCUT2D eigenvalue weighted by molar-refractivity contribution is 0.160. The number of nitrogens with zero attached hydrogens (tertiary/aromatic N) is 4. The van der Waals surface area contributed by atoms with Crippen LogP contribution < -0.4 is 15.5 Å². The number of hydrogen-bond donors (Lipinski definition) is 2. The molecule has 3 aliphatic rings. The predicted molar refractivity (Wildman–Crippen MR) is 134 cm³/mol. The second-order valence-electron chi connectivity index (χ2n) is 10.1. The number of hydrogen-bond acceptors (Lipinski definition) is 4. The molecule has 4 rings (SSSR count). The minimum Gasteiger partial charge on any atom is -0.357 e. The van der Waals surface area contributed by atoms with Crippen molar-refractivity contribution in [3.05, 3.63) is 23.9 Å². The molecule has 0 unspecified atom stereocenters. The summed E-state index contributed by atoms with van der Waals surface area (Å²) in [6.45, 7) is 6.80. The van der Waals surface area contributed by atoms with E-state index in [0.717, 1.165) is 37.3 Å². The van der Waals surface area contributed by atoms with Crippen molar-refractivity contribution < 1.29 is 0 Å². The van der Waals surface area contributed by atoms with E-state index in [4.69, 9.17) is 0 Å². The van der Waals surface area contributed by atoms with Gasteiger partial charge >= 0.3 is 0 Å². The van der Waals surface area contributed by atoms with Crippen molar-refractivity contribution in [2.24, 2.45) is 10.9 Å². The van der Waals surface area contributed by atoms with Crippen LogP contribution in [0.5, 0.6) is 0 Å². The van der Waals surface area contributed by atoms with Gasteiger partial charge < -0.3 is 20.4 Å². The maximum Gasteiger partial charge on any atom is 0.191 e. The van der Waals surface area contributed by atoms with Crippen LogP contribution in [0.1, 0.15) is 76.2 Å². The second kappa shape index (κ2) is 12.4. The third-order valence-corrected chi connectivity index (χ3v) is 7.59. The van der Waals surface area contributed by atoms with Crippen LogP contribution >= 0.6 is 0 Å². The molecule has 0 bridgehead atoms. The van der Waals surface area contributed by atoms with Crippen LogP contribution in [0.2, 0.25) is 0 Å². The number of likely N-dealkylation sites (tertiary alicyclic amines) is 1. The number of piperidine rings is 1. The van der Waals surface area contributed by atoms with Gasteiger partial charge in [-0.2, -0.15) is 0 Å². The molecule has 1 saturated carbocycles. The molecule has 6 heteroatoms. The first-order chi connectivity index (χ1) is 15.8. The Morgan fingerprint density at radius 3 is 2.41 bits per heavy atom. The summed E-state index contributed by atoms with van der Waals surface area (Å²) in [6, 6.07) is 4.88. The van der Waals surface area contributed by atoms with Crippen LogP contribution in [0.3, 0.4) is 0 Å².